The Morgan fingerprint density at radius 3 is 2.73 bits per heavy atom. The average Bonchev–Trinajstić information content (AvgIpc) is 2.83. The number of hydrogen-bond acceptors (Lipinski definition) is 2. The number of nitrogens with one attached hydrogen (secondary N) is 1. The minimum absolute atomic E-state index is 1.06. The Kier molecular flexibility index (Phi) is 2.25. The van der Waals surface area contributed by atoms with Crippen molar-refractivity contribution in [1.29, 1.82) is 0 Å². The van der Waals surface area contributed by atoms with Gasteiger partial charge in [0.05, 0.1) is 4.70 Å². The normalized spacial score (nSPS) is 11.0. The zero-order valence-electron chi connectivity index (χ0n) is 7.70. The molecule has 0 aliphatic heterocycles. The van der Waals surface area contributed by atoms with E-state index < -0.39 is 0 Å². The number of thiophene rings is 1. The summed E-state index contributed by atoms with van der Waals surface area (Å²) in [6.07, 6.45) is 0. The van der Waals surface area contributed by atoms with Gasteiger partial charge in [0, 0.05) is 4.88 Å². The summed E-state index contributed by atoms with van der Waals surface area (Å²) in [5.74, 6) is 0. The van der Waals surface area contributed by atoms with Gasteiger partial charge in [0.1, 0.15) is 9.22 Å². The van der Waals surface area contributed by atoms with Crippen molar-refractivity contribution in [2.24, 2.45) is 0 Å². The summed E-state index contributed by atoms with van der Waals surface area (Å²) in [5, 5.41) is 7.22. The summed E-state index contributed by atoms with van der Waals surface area (Å²) in [6, 6.07) is 12.5. The van der Waals surface area contributed by atoms with E-state index in [0.29, 0.717) is 0 Å². The molecule has 0 unspecified atom stereocenters. The van der Waals surface area contributed by atoms with Crippen LogP contribution in [0.15, 0.2) is 36.4 Å². The van der Waals surface area contributed by atoms with E-state index in [2.05, 4.69) is 63.1 Å². The Balaban J connectivity index is 2.20. The van der Waals surface area contributed by atoms with Crippen LogP contribution in [0.3, 0.4) is 0 Å². The fraction of sp³-hybridized carbons (Fsp3) is 0. The summed E-state index contributed by atoms with van der Waals surface area (Å²) < 4.78 is 2.37. The highest BCUT2D eigenvalue weighted by Gasteiger charge is 2.08. The average molecular weight is 326 g/mol. The Labute approximate surface area is 104 Å². The van der Waals surface area contributed by atoms with E-state index in [0.717, 1.165) is 9.22 Å². The van der Waals surface area contributed by atoms with Crippen molar-refractivity contribution >= 4 is 44.1 Å². The molecule has 2 heterocycles. The van der Waals surface area contributed by atoms with Gasteiger partial charge in [-0.2, -0.15) is 5.10 Å². The first-order chi connectivity index (χ1) is 7.34. The van der Waals surface area contributed by atoms with Gasteiger partial charge in [-0.25, -0.2) is 0 Å². The Bertz CT molecular complexity index is 597. The molecule has 3 aromatic rings. The first-order valence-electron chi connectivity index (χ1n) is 4.53. The summed E-state index contributed by atoms with van der Waals surface area (Å²) in [6.45, 7) is 0. The first-order valence-corrected chi connectivity index (χ1v) is 6.43. The van der Waals surface area contributed by atoms with Crippen LogP contribution in [0, 0.1) is 3.70 Å². The number of H-pyrrole nitrogens is 1. The molecule has 1 aromatic carbocycles. The molecule has 2 nitrogen and oxygen atoms in total. The van der Waals surface area contributed by atoms with Crippen LogP contribution in [0.4, 0.5) is 0 Å². The molecular formula is C11H7IN2S. The fourth-order valence-electron chi connectivity index (χ4n) is 1.53. The Morgan fingerprint density at radius 1 is 1.20 bits per heavy atom. The summed E-state index contributed by atoms with van der Waals surface area (Å²) >= 11 is 4.06. The van der Waals surface area contributed by atoms with Crippen LogP contribution in [0.2, 0.25) is 0 Å². The van der Waals surface area contributed by atoms with E-state index in [1.807, 2.05) is 6.07 Å². The zero-order valence-corrected chi connectivity index (χ0v) is 10.7. The van der Waals surface area contributed by atoms with E-state index in [-0.39, 0.29) is 0 Å². The Hall–Kier alpha value is -0.880. The molecule has 0 spiro atoms. The molecule has 0 saturated carbocycles. The van der Waals surface area contributed by atoms with E-state index >= 15 is 0 Å². The number of aromatic amines is 1. The zero-order chi connectivity index (χ0) is 10.3. The highest BCUT2D eigenvalue weighted by atomic mass is 127. The predicted octanol–water partition coefficient (Wildman–Crippen LogP) is 3.90. The van der Waals surface area contributed by atoms with E-state index in [1.165, 1.54) is 15.1 Å². The third-order valence-corrected chi connectivity index (χ3v) is 4.58. The lowest BCUT2D eigenvalue weighted by atomic mass is 10.2. The maximum absolute atomic E-state index is 4.24. The van der Waals surface area contributed by atoms with Crippen molar-refractivity contribution in [2.75, 3.05) is 0 Å². The molecule has 1 N–H and O–H groups in total. The molecule has 0 radical (unpaired) electrons. The quantitative estimate of drug-likeness (QED) is 0.675. The molecule has 3 rings (SSSR count). The third kappa shape index (κ3) is 1.57. The monoisotopic (exact) mass is 326 g/mol. The van der Waals surface area contributed by atoms with Crippen LogP contribution in [-0.4, -0.2) is 10.2 Å². The Morgan fingerprint density at radius 2 is 2.00 bits per heavy atom. The number of benzene rings is 1. The minimum Gasteiger partial charge on any atom is -0.270 e. The molecule has 15 heavy (non-hydrogen) atoms. The van der Waals surface area contributed by atoms with Gasteiger partial charge in [0.2, 0.25) is 0 Å². The lowest BCUT2D eigenvalue weighted by Crippen LogP contribution is -1.71. The summed E-state index contributed by atoms with van der Waals surface area (Å²) in [7, 11) is 0. The second-order valence-corrected chi connectivity index (χ2v) is 5.36. The van der Waals surface area contributed by atoms with Crippen molar-refractivity contribution in [2.45, 2.75) is 0 Å². The molecule has 2 aromatic heterocycles. The van der Waals surface area contributed by atoms with Crippen molar-refractivity contribution in [3.05, 3.63) is 40.1 Å². The topological polar surface area (TPSA) is 28.7 Å². The summed E-state index contributed by atoms with van der Waals surface area (Å²) in [5.41, 5.74) is 2.32. The highest BCUT2D eigenvalue weighted by Crippen LogP contribution is 2.34. The van der Waals surface area contributed by atoms with Crippen molar-refractivity contribution in [3.8, 4) is 10.4 Å². The molecule has 4 heteroatoms. The second kappa shape index (κ2) is 3.61. The molecule has 0 aliphatic rings. The largest absolute Gasteiger partial charge is 0.270 e. The predicted molar refractivity (Wildman–Crippen MR) is 72.1 cm³/mol. The van der Waals surface area contributed by atoms with Gasteiger partial charge in [-0.1, -0.05) is 30.3 Å². The maximum atomic E-state index is 4.24. The van der Waals surface area contributed by atoms with Crippen LogP contribution in [-0.2, 0) is 0 Å². The second-order valence-electron chi connectivity index (χ2n) is 3.23. The number of rotatable bonds is 1. The standard InChI is InChI=1S/C11H7IN2S/c12-11-10-8(13-14-11)6-9(15-10)7-4-2-1-3-5-7/h1-6H,(H,13,14). The van der Waals surface area contributed by atoms with Crippen molar-refractivity contribution in [3.63, 3.8) is 0 Å². The van der Waals surface area contributed by atoms with Crippen LogP contribution >= 0.6 is 33.9 Å². The van der Waals surface area contributed by atoms with Crippen LogP contribution in [0.25, 0.3) is 20.7 Å². The van der Waals surface area contributed by atoms with Crippen LogP contribution in [0.1, 0.15) is 0 Å². The number of hydrogen-bond donors (Lipinski definition) is 1. The molecule has 0 fully saturated rings. The SMILES string of the molecule is Ic1[nH]nc2cc(-c3ccccc3)sc12. The molecule has 0 bridgehead atoms. The lowest BCUT2D eigenvalue weighted by Gasteiger charge is -1.93. The smallest absolute Gasteiger partial charge is 0.114 e. The molecule has 0 amide bonds. The molecule has 0 aliphatic carbocycles. The maximum Gasteiger partial charge on any atom is 0.114 e. The molecular weight excluding hydrogens is 319 g/mol. The van der Waals surface area contributed by atoms with Crippen LogP contribution < -0.4 is 0 Å². The minimum atomic E-state index is 1.06. The fourth-order valence-corrected chi connectivity index (χ4v) is 3.24. The van der Waals surface area contributed by atoms with Crippen molar-refractivity contribution in [1.82, 2.24) is 10.2 Å². The van der Waals surface area contributed by atoms with E-state index in [4.69, 9.17) is 0 Å². The first kappa shape index (κ1) is 9.35. The lowest BCUT2D eigenvalue weighted by molar-refractivity contribution is 1.09. The third-order valence-electron chi connectivity index (χ3n) is 2.24. The molecule has 0 saturated heterocycles. The van der Waals surface area contributed by atoms with Gasteiger partial charge in [-0.3, -0.25) is 5.10 Å². The molecule has 0 atom stereocenters. The number of halogens is 1. The number of fused-ring (bicyclic) bond motifs is 1. The van der Waals surface area contributed by atoms with Gasteiger partial charge in [0.15, 0.2) is 0 Å². The van der Waals surface area contributed by atoms with Crippen molar-refractivity contribution < 1.29 is 0 Å². The van der Waals surface area contributed by atoms with Gasteiger partial charge < -0.3 is 0 Å². The van der Waals surface area contributed by atoms with Gasteiger partial charge in [0.25, 0.3) is 0 Å². The number of nitrogens with zero attached hydrogens (tertiary/aromatic N) is 1. The van der Waals surface area contributed by atoms with E-state index in [1.54, 1.807) is 11.3 Å². The van der Waals surface area contributed by atoms with Gasteiger partial charge in [-0.05, 0) is 34.2 Å². The van der Waals surface area contributed by atoms with Gasteiger partial charge >= 0.3 is 0 Å². The summed E-state index contributed by atoms with van der Waals surface area (Å²) in [4.78, 5) is 1.28. The molecule has 74 valence electrons. The van der Waals surface area contributed by atoms with Crippen LogP contribution in [0.5, 0.6) is 0 Å². The number of aromatic nitrogens is 2. The van der Waals surface area contributed by atoms with E-state index in [9.17, 15) is 0 Å². The highest BCUT2D eigenvalue weighted by molar-refractivity contribution is 14.1. The van der Waals surface area contributed by atoms with Gasteiger partial charge in [-0.15, -0.1) is 11.3 Å².